The molecule has 0 radical (unpaired) electrons. The van der Waals surface area contributed by atoms with Crippen LogP contribution in [-0.2, 0) is 0 Å². The third-order valence-corrected chi connectivity index (χ3v) is 9.15. The molecule has 232 valence electrons. The molecule has 0 aliphatic carbocycles. The van der Waals surface area contributed by atoms with Crippen LogP contribution in [0.5, 0.6) is 0 Å². The molecule has 1 aliphatic heterocycles. The Hall–Kier alpha value is -6.52. The Morgan fingerprint density at radius 2 is 0.980 bits per heavy atom. The van der Waals surface area contributed by atoms with Crippen molar-refractivity contribution in [1.82, 2.24) is 5.32 Å². The molecular weight excluding hydrogens is 599 g/mol. The summed E-state index contributed by atoms with van der Waals surface area (Å²) >= 11 is 0. The molecule has 4 nitrogen and oxygen atoms in total. The van der Waals surface area contributed by atoms with Gasteiger partial charge in [-0.1, -0.05) is 158 Å². The van der Waals surface area contributed by atoms with Gasteiger partial charge in [-0.3, -0.25) is 0 Å². The van der Waals surface area contributed by atoms with E-state index in [9.17, 15) is 0 Å². The van der Waals surface area contributed by atoms with E-state index in [-0.39, 0.29) is 0 Å². The zero-order chi connectivity index (χ0) is 32.6. The number of fused-ring (bicyclic) bond motifs is 3. The number of furan rings is 1. The Labute approximate surface area is 284 Å². The Balaban J connectivity index is 1.26. The van der Waals surface area contributed by atoms with Gasteiger partial charge in [0.2, 0.25) is 0 Å². The second-order valence-electron chi connectivity index (χ2n) is 12.2. The van der Waals surface area contributed by atoms with Gasteiger partial charge in [-0.25, -0.2) is 9.98 Å². The number of benzene rings is 7. The first kappa shape index (κ1) is 28.7. The van der Waals surface area contributed by atoms with E-state index in [1.807, 2.05) is 36.4 Å². The quantitative estimate of drug-likeness (QED) is 0.199. The number of nitrogens with zero attached hydrogens (tertiary/aromatic N) is 2. The molecule has 1 N–H and O–H groups in total. The van der Waals surface area contributed by atoms with Crippen molar-refractivity contribution < 1.29 is 4.42 Å². The minimum Gasteiger partial charge on any atom is -0.455 e. The minimum absolute atomic E-state index is 0.449. The van der Waals surface area contributed by atoms with Gasteiger partial charge in [-0.2, -0.15) is 0 Å². The van der Waals surface area contributed by atoms with Crippen LogP contribution in [0.4, 0.5) is 0 Å². The highest BCUT2D eigenvalue weighted by Crippen LogP contribution is 2.42. The number of rotatable bonds is 6. The summed E-state index contributed by atoms with van der Waals surface area (Å²) in [4.78, 5) is 10.5. The predicted octanol–water partition coefficient (Wildman–Crippen LogP) is 11.1. The fourth-order valence-corrected chi connectivity index (χ4v) is 6.78. The molecule has 49 heavy (non-hydrogen) atoms. The van der Waals surface area contributed by atoms with Gasteiger partial charge in [0.15, 0.2) is 6.17 Å². The van der Waals surface area contributed by atoms with Gasteiger partial charge in [0.1, 0.15) is 22.8 Å². The van der Waals surface area contributed by atoms with Crippen LogP contribution in [0.15, 0.2) is 190 Å². The van der Waals surface area contributed by atoms with Gasteiger partial charge in [-0.05, 0) is 46.0 Å². The Bertz CT molecular complexity index is 2500. The lowest BCUT2D eigenvalue weighted by molar-refractivity contribution is 0.671. The van der Waals surface area contributed by atoms with Crippen molar-refractivity contribution in [2.75, 3.05) is 0 Å². The van der Waals surface area contributed by atoms with Crippen molar-refractivity contribution >= 4 is 33.6 Å². The average molecular weight is 630 g/mol. The molecule has 0 saturated heterocycles. The van der Waals surface area contributed by atoms with Crippen molar-refractivity contribution in [3.05, 3.63) is 193 Å². The highest BCUT2D eigenvalue weighted by Gasteiger charge is 2.26. The lowest BCUT2D eigenvalue weighted by Crippen LogP contribution is -2.36. The first-order chi connectivity index (χ1) is 24.3. The molecule has 1 aliphatic rings. The second-order valence-corrected chi connectivity index (χ2v) is 12.2. The molecule has 8 aromatic rings. The summed E-state index contributed by atoms with van der Waals surface area (Å²) in [6.07, 6.45) is -0.449. The van der Waals surface area contributed by atoms with E-state index >= 15 is 0 Å². The van der Waals surface area contributed by atoms with Crippen molar-refractivity contribution in [3.63, 3.8) is 0 Å². The standard InChI is InChI=1S/C45H31N3O/c1-5-15-30(16-6-1)34-23-13-24-35(29-34)44-46-43(33-21-11-4-12-22-33)47-45(48-44)39-28-27-38-37-26-14-25-36(31-17-7-2-8-18-31)41(37)49-42(38)40(39)32-19-9-3-10-20-32/h1-29,44H,(H,46,47,48). The second kappa shape index (κ2) is 12.3. The Morgan fingerprint density at radius 3 is 1.69 bits per heavy atom. The van der Waals surface area contributed by atoms with Crippen LogP contribution in [0.1, 0.15) is 22.9 Å². The fourth-order valence-electron chi connectivity index (χ4n) is 6.78. The highest BCUT2D eigenvalue weighted by atomic mass is 16.3. The molecule has 9 rings (SSSR count). The van der Waals surface area contributed by atoms with E-state index in [1.54, 1.807) is 0 Å². The lowest BCUT2D eigenvalue weighted by atomic mass is 9.95. The molecule has 1 atom stereocenters. The predicted molar refractivity (Wildman–Crippen MR) is 202 cm³/mol. The van der Waals surface area contributed by atoms with Gasteiger partial charge in [-0.15, -0.1) is 0 Å². The monoisotopic (exact) mass is 629 g/mol. The normalized spacial score (nSPS) is 14.3. The average Bonchev–Trinajstić information content (AvgIpc) is 3.58. The zero-order valence-corrected chi connectivity index (χ0v) is 26.6. The summed E-state index contributed by atoms with van der Waals surface area (Å²) in [5.74, 6) is 1.52. The number of hydrogen-bond donors (Lipinski definition) is 1. The van der Waals surface area contributed by atoms with E-state index in [1.165, 1.54) is 0 Å². The van der Waals surface area contributed by atoms with Crippen molar-refractivity contribution in [1.29, 1.82) is 0 Å². The van der Waals surface area contributed by atoms with Gasteiger partial charge < -0.3 is 9.73 Å². The highest BCUT2D eigenvalue weighted by molar-refractivity contribution is 6.22. The Morgan fingerprint density at radius 1 is 0.408 bits per heavy atom. The molecule has 1 unspecified atom stereocenters. The molecule has 0 amide bonds. The van der Waals surface area contributed by atoms with Crippen LogP contribution in [-0.4, -0.2) is 11.7 Å². The van der Waals surface area contributed by atoms with Gasteiger partial charge >= 0.3 is 0 Å². The van der Waals surface area contributed by atoms with Gasteiger partial charge in [0.05, 0.1) is 0 Å². The number of para-hydroxylation sites is 1. The van der Waals surface area contributed by atoms with Crippen LogP contribution in [0.25, 0.3) is 55.3 Å². The molecule has 1 aromatic heterocycles. The summed E-state index contributed by atoms with van der Waals surface area (Å²) in [7, 11) is 0. The summed E-state index contributed by atoms with van der Waals surface area (Å²) in [6, 6.07) is 60.9. The topological polar surface area (TPSA) is 49.9 Å². The summed E-state index contributed by atoms with van der Waals surface area (Å²) in [5, 5.41) is 5.79. The number of aliphatic imine (C=N–C) groups is 2. The molecule has 2 heterocycles. The first-order valence-corrected chi connectivity index (χ1v) is 16.5. The molecular formula is C45H31N3O. The first-order valence-electron chi connectivity index (χ1n) is 16.5. The van der Waals surface area contributed by atoms with E-state index in [0.717, 1.165) is 83.7 Å². The van der Waals surface area contributed by atoms with Crippen LogP contribution in [0.3, 0.4) is 0 Å². The van der Waals surface area contributed by atoms with E-state index in [4.69, 9.17) is 14.4 Å². The van der Waals surface area contributed by atoms with E-state index < -0.39 is 6.17 Å². The summed E-state index contributed by atoms with van der Waals surface area (Å²) in [5.41, 5.74) is 11.2. The number of hydrogen-bond acceptors (Lipinski definition) is 4. The largest absolute Gasteiger partial charge is 0.455 e. The molecule has 0 bridgehead atoms. The molecule has 0 fully saturated rings. The molecule has 0 saturated carbocycles. The maximum atomic E-state index is 6.93. The smallest absolute Gasteiger partial charge is 0.169 e. The maximum absolute atomic E-state index is 6.93. The van der Waals surface area contributed by atoms with Crippen LogP contribution >= 0.6 is 0 Å². The summed E-state index contributed by atoms with van der Waals surface area (Å²) in [6.45, 7) is 0. The van der Waals surface area contributed by atoms with Gasteiger partial charge in [0, 0.05) is 33.0 Å². The number of nitrogens with one attached hydrogen (secondary N) is 1. The van der Waals surface area contributed by atoms with Gasteiger partial charge in [0.25, 0.3) is 0 Å². The third kappa shape index (κ3) is 5.30. The minimum atomic E-state index is -0.449. The maximum Gasteiger partial charge on any atom is 0.169 e. The van der Waals surface area contributed by atoms with E-state index in [2.05, 4.69) is 145 Å². The Kier molecular flexibility index (Phi) is 7.17. The zero-order valence-electron chi connectivity index (χ0n) is 26.6. The van der Waals surface area contributed by atoms with Crippen molar-refractivity contribution in [2.24, 2.45) is 9.98 Å². The SMILES string of the molecule is c1ccc(C2=NC(c3cccc(-c4ccccc4)c3)N=C(c3ccc4c(oc5c(-c6ccccc6)cccc54)c3-c3ccccc3)N2)cc1. The summed E-state index contributed by atoms with van der Waals surface area (Å²) < 4.78 is 6.93. The number of amidine groups is 2. The molecule has 7 aromatic carbocycles. The van der Waals surface area contributed by atoms with Crippen LogP contribution in [0, 0.1) is 0 Å². The van der Waals surface area contributed by atoms with Crippen LogP contribution in [0.2, 0.25) is 0 Å². The third-order valence-electron chi connectivity index (χ3n) is 9.15. The molecule has 4 heteroatoms. The van der Waals surface area contributed by atoms with E-state index in [0.29, 0.717) is 0 Å². The van der Waals surface area contributed by atoms with Crippen molar-refractivity contribution in [2.45, 2.75) is 6.17 Å². The van der Waals surface area contributed by atoms with Crippen LogP contribution < -0.4 is 5.32 Å². The van der Waals surface area contributed by atoms with Crippen molar-refractivity contribution in [3.8, 4) is 33.4 Å². The lowest BCUT2D eigenvalue weighted by Gasteiger charge is -2.24. The molecule has 0 spiro atoms. The fraction of sp³-hybridized carbons (Fsp3) is 0.0222.